The Labute approximate surface area is 124 Å². The summed E-state index contributed by atoms with van der Waals surface area (Å²) in [6, 6.07) is 9.59. The molecule has 5 atom stereocenters. The van der Waals surface area contributed by atoms with Crippen LogP contribution in [0, 0.1) is 0 Å². The lowest BCUT2D eigenvalue weighted by atomic mass is 9.99. The van der Waals surface area contributed by atoms with Crippen molar-refractivity contribution in [3.8, 4) is 0 Å². The SMILES string of the molecule is C=CCO[C@@H]1O[C@@H](C)[C@H](O)[C@@H](OCc2ccccc2)[C@H]1O. The number of hydrogen-bond acceptors (Lipinski definition) is 5. The largest absolute Gasteiger partial charge is 0.388 e. The van der Waals surface area contributed by atoms with E-state index < -0.39 is 30.7 Å². The fraction of sp³-hybridized carbons (Fsp3) is 0.500. The number of aliphatic hydroxyl groups excluding tert-OH is 2. The zero-order chi connectivity index (χ0) is 15.2. The summed E-state index contributed by atoms with van der Waals surface area (Å²) in [5.74, 6) is 0. The first-order chi connectivity index (χ1) is 10.1. The van der Waals surface area contributed by atoms with Crippen LogP contribution < -0.4 is 0 Å². The summed E-state index contributed by atoms with van der Waals surface area (Å²) in [6.07, 6.45) is -2.46. The maximum Gasteiger partial charge on any atom is 0.186 e. The molecule has 5 heteroatoms. The molecule has 0 bridgehead atoms. The first-order valence-electron chi connectivity index (χ1n) is 7.03. The molecule has 1 saturated heterocycles. The van der Waals surface area contributed by atoms with Crippen LogP contribution in [0.4, 0.5) is 0 Å². The van der Waals surface area contributed by atoms with Gasteiger partial charge in [0.15, 0.2) is 6.29 Å². The average molecular weight is 294 g/mol. The quantitative estimate of drug-likeness (QED) is 0.773. The third-order valence-corrected chi connectivity index (χ3v) is 3.45. The summed E-state index contributed by atoms with van der Waals surface area (Å²) >= 11 is 0. The Bertz CT molecular complexity index is 436. The second-order valence-electron chi connectivity index (χ2n) is 5.07. The van der Waals surface area contributed by atoms with Crippen LogP contribution in [0.3, 0.4) is 0 Å². The number of aliphatic hydroxyl groups is 2. The fourth-order valence-corrected chi connectivity index (χ4v) is 2.26. The standard InChI is InChI=1S/C16H22O5/c1-3-9-19-16-14(18)15(13(17)11(2)21-16)20-10-12-7-5-4-6-8-12/h3-8,11,13-18H,1,9-10H2,2H3/t11-,13-,14+,15+,16+/m0/s1. The van der Waals surface area contributed by atoms with E-state index in [0.29, 0.717) is 6.61 Å². The van der Waals surface area contributed by atoms with Gasteiger partial charge in [0.25, 0.3) is 0 Å². The smallest absolute Gasteiger partial charge is 0.186 e. The van der Waals surface area contributed by atoms with Crippen LogP contribution in [0.25, 0.3) is 0 Å². The maximum atomic E-state index is 10.3. The van der Waals surface area contributed by atoms with Crippen molar-refractivity contribution in [2.75, 3.05) is 6.61 Å². The highest BCUT2D eigenvalue weighted by Gasteiger charge is 2.44. The van der Waals surface area contributed by atoms with E-state index >= 15 is 0 Å². The molecule has 0 aliphatic carbocycles. The fourth-order valence-electron chi connectivity index (χ4n) is 2.26. The van der Waals surface area contributed by atoms with E-state index in [1.54, 1.807) is 13.0 Å². The number of hydrogen-bond donors (Lipinski definition) is 2. The highest BCUT2D eigenvalue weighted by atomic mass is 16.7. The van der Waals surface area contributed by atoms with Gasteiger partial charge in [-0.1, -0.05) is 36.4 Å². The van der Waals surface area contributed by atoms with Gasteiger partial charge >= 0.3 is 0 Å². The third-order valence-electron chi connectivity index (χ3n) is 3.45. The minimum Gasteiger partial charge on any atom is -0.388 e. The molecular weight excluding hydrogens is 272 g/mol. The van der Waals surface area contributed by atoms with Gasteiger partial charge in [0.2, 0.25) is 0 Å². The van der Waals surface area contributed by atoms with Crippen LogP contribution in [-0.4, -0.2) is 47.5 Å². The van der Waals surface area contributed by atoms with E-state index in [0.717, 1.165) is 5.56 Å². The topological polar surface area (TPSA) is 68.2 Å². The Morgan fingerprint density at radius 3 is 2.57 bits per heavy atom. The van der Waals surface area contributed by atoms with Crippen molar-refractivity contribution in [1.29, 1.82) is 0 Å². The van der Waals surface area contributed by atoms with Crippen LogP contribution in [0.2, 0.25) is 0 Å². The molecule has 1 aromatic carbocycles. The average Bonchev–Trinajstić information content (AvgIpc) is 2.50. The minimum absolute atomic E-state index is 0.260. The summed E-state index contributed by atoms with van der Waals surface area (Å²) in [6.45, 7) is 5.84. The van der Waals surface area contributed by atoms with Gasteiger partial charge in [-0.3, -0.25) is 0 Å². The van der Waals surface area contributed by atoms with Crippen molar-refractivity contribution in [2.24, 2.45) is 0 Å². The van der Waals surface area contributed by atoms with E-state index in [9.17, 15) is 10.2 Å². The summed E-state index contributed by atoms with van der Waals surface area (Å²) in [5.41, 5.74) is 0.972. The van der Waals surface area contributed by atoms with Crippen LogP contribution in [0.1, 0.15) is 12.5 Å². The van der Waals surface area contributed by atoms with Gasteiger partial charge in [-0.15, -0.1) is 6.58 Å². The lowest BCUT2D eigenvalue weighted by Gasteiger charge is -2.41. The molecule has 0 radical (unpaired) electrons. The van der Waals surface area contributed by atoms with Gasteiger partial charge in [-0.25, -0.2) is 0 Å². The van der Waals surface area contributed by atoms with Crippen LogP contribution in [0.15, 0.2) is 43.0 Å². The van der Waals surface area contributed by atoms with Gasteiger partial charge in [0.1, 0.15) is 18.3 Å². The van der Waals surface area contributed by atoms with Crippen molar-refractivity contribution in [3.05, 3.63) is 48.6 Å². The van der Waals surface area contributed by atoms with Crippen LogP contribution >= 0.6 is 0 Å². The first-order valence-corrected chi connectivity index (χ1v) is 7.03. The summed E-state index contributed by atoms with van der Waals surface area (Å²) in [4.78, 5) is 0. The molecule has 2 N–H and O–H groups in total. The van der Waals surface area contributed by atoms with Crippen molar-refractivity contribution < 1.29 is 24.4 Å². The van der Waals surface area contributed by atoms with Crippen molar-refractivity contribution in [1.82, 2.24) is 0 Å². The van der Waals surface area contributed by atoms with E-state index in [4.69, 9.17) is 14.2 Å². The summed E-state index contributed by atoms with van der Waals surface area (Å²) in [7, 11) is 0. The number of rotatable bonds is 6. The van der Waals surface area contributed by atoms with E-state index in [-0.39, 0.29) is 6.61 Å². The maximum absolute atomic E-state index is 10.3. The Hall–Kier alpha value is -1.24. The molecule has 1 aliphatic heterocycles. The predicted octanol–water partition coefficient (Wildman–Crippen LogP) is 1.24. The van der Waals surface area contributed by atoms with Gasteiger partial charge < -0.3 is 24.4 Å². The van der Waals surface area contributed by atoms with Crippen molar-refractivity contribution >= 4 is 0 Å². The van der Waals surface area contributed by atoms with Gasteiger partial charge in [0.05, 0.1) is 19.3 Å². The summed E-state index contributed by atoms with van der Waals surface area (Å²) < 4.78 is 16.5. The molecular formula is C16H22O5. The molecule has 0 amide bonds. The molecule has 0 aromatic heterocycles. The number of benzene rings is 1. The van der Waals surface area contributed by atoms with E-state index in [2.05, 4.69) is 6.58 Å². The van der Waals surface area contributed by atoms with Gasteiger partial charge in [0, 0.05) is 0 Å². The van der Waals surface area contributed by atoms with Crippen LogP contribution in [0.5, 0.6) is 0 Å². The lowest BCUT2D eigenvalue weighted by Crippen LogP contribution is -2.58. The normalized spacial score (nSPS) is 32.8. The highest BCUT2D eigenvalue weighted by molar-refractivity contribution is 5.13. The van der Waals surface area contributed by atoms with E-state index in [1.165, 1.54) is 0 Å². The molecule has 1 aromatic rings. The molecule has 1 aliphatic rings. The Kier molecular flexibility index (Phi) is 5.90. The monoisotopic (exact) mass is 294 g/mol. The number of ether oxygens (including phenoxy) is 3. The second-order valence-corrected chi connectivity index (χ2v) is 5.07. The van der Waals surface area contributed by atoms with Crippen molar-refractivity contribution in [3.63, 3.8) is 0 Å². The van der Waals surface area contributed by atoms with Crippen LogP contribution in [-0.2, 0) is 20.8 Å². The molecule has 116 valence electrons. The first kappa shape index (κ1) is 16.1. The molecule has 0 unspecified atom stereocenters. The Morgan fingerprint density at radius 2 is 1.90 bits per heavy atom. The minimum atomic E-state index is -1.06. The lowest BCUT2D eigenvalue weighted by molar-refractivity contribution is -0.299. The van der Waals surface area contributed by atoms with E-state index in [1.807, 2.05) is 30.3 Å². The molecule has 0 spiro atoms. The zero-order valence-corrected chi connectivity index (χ0v) is 12.1. The Morgan fingerprint density at radius 1 is 1.19 bits per heavy atom. The predicted molar refractivity (Wildman–Crippen MR) is 77.5 cm³/mol. The zero-order valence-electron chi connectivity index (χ0n) is 12.1. The molecule has 5 nitrogen and oxygen atoms in total. The van der Waals surface area contributed by atoms with Crippen molar-refractivity contribution in [2.45, 2.75) is 44.2 Å². The molecule has 2 rings (SSSR count). The molecule has 1 fully saturated rings. The van der Waals surface area contributed by atoms with Gasteiger partial charge in [-0.2, -0.15) is 0 Å². The third kappa shape index (κ3) is 4.12. The summed E-state index contributed by atoms with van der Waals surface area (Å²) in [5, 5.41) is 20.4. The molecule has 0 saturated carbocycles. The molecule has 21 heavy (non-hydrogen) atoms. The Balaban J connectivity index is 1.98. The molecule has 1 heterocycles. The second kappa shape index (κ2) is 7.68. The van der Waals surface area contributed by atoms with Gasteiger partial charge in [-0.05, 0) is 12.5 Å². The highest BCUT2D eigenvalue weighted by Crippen LogP contribution is 2.25.